The highest BCUT2D eigenvalue weighted by molar-refractivity contribution is 7.09. The summed E-state index contributed by atoms with van der Waals surface area (Å²) in [5.74, 6) is -0.167. The van der Waals surface area contributed by atoms with Crippen LogP contribution in [-0.4, -0.2) is 40.3 Å². The summed E-state index contributed by atoms with van der Waals surface area (Å²) in [6.45, 7) is 1.58. The molecule has 1 heterocycles. The molecule has 0 saturated carbocycles. The number of hydrogen-bond donors (Lipinski definition) is 3. The maximum atomic E-state index is 12.5. The smallest absolute Gasteiger partial charge is 0.407 e. The van der Waals surface area contributed by atoms with Crippen LogP contribution in [0.1, 0.15) is 29.3 Å². The normalized spacial score (nSPS) is 13.5. The monoisotopic (exact) mass is 467 g/mol. The first-order chi connectivity index (χ1) is 16.0. The van der Waals surface area contributed by atoms with Crippen LogP contribution in [0.25, 0.3) is 0 Å². The van der Waals surface area contributed by atoms with Gasteiger partial charge in [-0.1, -0.05) is 60.7 Å². The second-order valence-electron chi connectivity index (χ2n) is 7.87. The van der Waals surface area contributed by atoms with E-state index in [-0.39, 0.29) is 25.0 Å². The van der Waals surface area contributed by atoms with Crippen molar-refractivity contribution in [2.75, 3.05) is 0 Å². The fourth-order valence-electron chi connectivity index (χ4n) is 3.63. The zero-order chi connectivity index (χ0) is 23.5. The van der Waals surface area contributed by atoms with E-state index in [1.807, 2.05) is 60.7 Å². The number of aliphatic hydroxyl groups excluding tert-OH is 1. The molecule has 2 amide bonds. The van der Waals surface area contributed by atoms with Crippen molar-refractivity contribution in [2.45, 2.75) is 51.0 Å². The second-order valence-corrected chi connectivity index (χ2v) is 8.85. The van der Waals surface area contributed by atoms with E-state index in [1.54, 1.807) is 11.7 Å². The van der Waals surface area contributed by atoms with Crippen molar-refractivity contribution in [1.29, 1.82) is 0 Å². The van der Waals surface area contributed by atoms with Crippen LogP contribution in [0.15, 0.2) is 72.4 Å². The molecule has 3 rings (SSSR count). The van der Waals surface area contributed by atoms with Crippen LogP contribution < -0.4 is 10.6 Å². The molecule has 8 heteroatoms. The first kappa shape index (κ1) is 24.4. The van der Waals surface area contributed by atoms with Crippen LogP contribution in [0.3, 0.4) is 0 Å². The van der Waals surface area contributed by atoms with Gasteiger partial charge in [0.2, 0.25) is 5.91 Å². The van der Waals surface area contributed by atoms with E-state index in [2.05, 4.69) is 15.6 Å². The zero-order valence-electron chi connectivity index (χ0n) is 18.5. The molecule has 0 radical (unpaired) electrons. The van der Waals surface area contributed by atoms with Gasteiger partial charge in [0, 0.05) is 19.2 Å². The number of carbonyl (C=O) groups excluding carboxylic acids is 2. The number of amides is 2. The van der Waals surface area contributed by atoms with Gasteiger partial charge in [-0.15, -0.1) is 11.3 Å². The van der Waals surface area contributed by atoms with E-state index in [4.69, 9.17) is 4.74 Å². The largest absolute Gasteiger partial charge is 0.444 e. The Morgan fingerprint density at radius 1 is 1.00 bits per heavy atom. The van der Waals surface area contributed by atoms with Crippen molar-refractivity contribution in [1.82, 2.24) is 15.6 Å². The van der Waals surface area contributed by atoms with Gasteiger partial charge in [-0.25, -0.2) is 4.79 Å². The standard InChI is InChI=1S/C25H29N3O4S/c1-18(29)27-21(12-19-8-4-2-5-9-19)14-24(30)23(13-20-10-6-3-7-11-20)28-25(31)32-16-22-15-26-17-33-22/h2-11,15,17,21,23-24,30H,12-14,16H2,1H3,(H,27,29)(H,28,31)/t21-,23-,24-/m0/s1. The molecular formula is C25H29N3O4S. The molecule has 0 unspecified atom stereocenters. The van der Waals surface area contributed by atoms with Crippen LogP contribution in [-0.2, 0) is 29.0 Å². The fraction of sp³-hybridized carbons (Fsp3) is 0.320. The van der Waals surface area contributed by atoms with Crippen molar-refractivity contribution < 1.29 is 19.4 Å². The maximum absolute atomic E-state index is 12.5. The minimum Gasteiger partial charge on any atom is -0.444 e. The summed E-state index contributed by atoms with van der Waals surface area (Å²) >= 11 is 1.40. The predicted molar refractivity (Wildman–Crippen MR) is 128 cm³/mol. The van der Waals surface area contributed by atoms with Crippen molar-refractivity contribution >= 4 is 23.3 Å². The summed E-state index contributed by atoms with van der Waals surface area (Å²) in [7, 11) is 0. The first-order valence-corrected chi connectivity index (χ1v) is 11.7. The minimum atomic E-state index is -0.901. The van der Waals surface area contributed by atoms with Gasteiger partial charge in [0.1, 0.15) is 6.61 Å². The van der Waals surface area contributed by atoms with Gasteiger partial charge < -0.3 is 20.5 Å². The number of aromatic nitrogens is 1. The number of benzene rings is 2. The molecule has 3 aromatic rings. The highest BCUT2D eigenvalue weighted by Gasteiger charge is 2.26. The molecule has 0 aliphatic carbocycles. The Balaban J connectivity index is 1.67. The van der Waals surface area contributed by atoms with Crippen LogP contribution in [0.4, 0.5) is 4.79 Å². The van der Waals surface area contributed by atoms with Crippen molar-refractivity contribution in [3.63, 3.8) is 0 Å². The maximum Gasteiger partial charge on any atom is 0.407 e. The lowest BCUT2D eigenvalue weighted by molar-refractivity contribution is -0.119. The number of nitrogens with one attached hydrogen (secondary N) is 2. The van der Waals surface area contributed by atoms with Crippen LogP contribution in [0.5, 0.6) is 0 Å². The number of ether oxygens (including phenoxy) is 1. The molecule has 7 nitrogen and oxygen atoms in total. The summed E-state index contributed by atoms with van der Waals surface area (Å²) in [6.07, 6.45) is 1.42. The highest BCUT2D eigenvalue weighted by Crippen LogP contribution is 2.15. The summed E-state index contributed by atoms with van der Waals surface area (Å²) in [4.78, 5) is 29.0. The molecule has 33 heavy (non-hydrogen) atoms. The number of nitrogens with zero attached hydrogens (tertiary/aromatic N) is 1. The van der Waals surface area contributed by atoms with Crippen molar-refractivity contribution in [3.05, 3.63) is 88.4 Å². The van der Waals surface area contributed by atoms with E-state index in [0.717, 1.165) is 16.0 Å². The lowest BCUT2D eigenvalue weighted by Gasteiger charge is -2.28. The Morgan fingerprint density at radius 2 is 1.64 bits per heavy atom. The third-order valence-electron chi connectivity index (χ3n) is 5.15. The van der Waals surface area contributed by atoms with Gasteiger partial charge in [0.25, 0.3) is 0 Å². The van der Waals surface area contributed by atoms with Crippen LogP contribution >= 0.6 is 11.3 Å². The molecule has 3 atom stereocenters. The number of rotatable bonds is 11. The van der Waals surface area contributed by atoms with E-state index in [1.165, 1.54) is 18.3 Å². The molecular weight excluding hydrogens is 438 g/mol. The van der Waals surface area contributed by atoms with Crippen molar-refractivity contribution in [3.8, 4) is 0 Å². The summed E-state index contributed by atoms with van der Waals surface area (Å²) in [5.41, 5.74) is 3.71. The van der Waals surface area contributed by atoms with Gasteiger partial charge >= 0.3 is 6.09 Å². The van der Waals surface area contributed by atoms with Crippen LogP contribution in [0.2, 0.25) is 0 Å². The van der Waals surface area contributed by atoms with Gasteiger partial charge in [0.05, 0.1) is 22.5 Å². The Kier molecular flexibility index (Phi) is 9.41. The molecule has 3 N–H and O–H groups in total. The molecule has 0 aliphatic heterocycles. The quantitative estimate of drug-likeness (QED) is 0.401. The summed E-state index contributed by atoms with van der Waals surface area (Å²) < 4.78 is 5.31. The van der Waals surface area contributed by atoms with E-state index in [0.29, 0.717) is 12.8 Å². The zero-order valence-corrected chi connectivity index (χ0v) is 19.3. The highest BCUT2D eigenvalue weighted by atomic mass is 32.1. The molecule has 0 fully saturated rings. The molecule has 0 saturated heterocycles. The molecule has 2 aromatic carbocycles. The average molecular weight is 468 g/mol. The fourth-order valence-corrected chi connectivity index (χ4v) is 4.14. The SMILES string of the molecule is CC(=O)N[C@@H](Cc1ccccc1)C[C@H](O)[C@H](Cc1ccccc1)NC(=O)OCc1cncs1. The van der Waals surface area contributed by atoms with E-state index >= 15 is 0 Å². The molecule has 0 aliphatic rings. The number of carbonyl (C=O) groups is 2. The van der Waals surface area contributed by atoms with Gasteiger partial charge in [-0.05, 0) is 30.4 Å². The number of alkyl carbamates (subject to hydrolysis) is 1. The van der Waals surface area contributed by atoms with E-state index in [9.17, 15) is 14.7 Å². The summed E-state index contributed by atoms with van der Waals surface area (Å²) in [5, 5.41) is 16.8. The Labute approximate surface area is 197 Å². The van der Waals surface area contributed by atoms with Gasteiger partial charge in [-0.2, -0.15) is 0 Å². The third-order valence-corrected chi connectivity index (χ3v) is 5.91. The molecule has 174 valence electrons. The third kappa shape index (κ3) is 8.67. The van der Waals surface area contributed by atoms with Gasteiger partial charge in [-0.3, -0.25) is 9.78 Å². The lowest BCUT2D eigenvalue weighted by atomic mass is 9.93. The summed E-state index contributed by atoms with van der Waals surface area (Å²) in [6, 6.07) is 18.5. The average Bonchev–Trinajstić information content (AvgIpc) is 3.32. The molecule has 1 aromatic heterocycles. The number of aliphatic hydroxyl groups is 1. The van der Waals surface area contributed by atoms with Crippen LogP contribution in [0, 0.1) is 0 Å². The molecule has 0 bridgehead atoms. The Morgan fingerprint density at radius 3 is 2.21 bits per heavy atom. The first-order valence-electron chi connectivity index (χ1n) is 10.8. The Bertz CT molecular complexity index is 983. The second kappa shape index (κ2) is 12.7. The van der Waals surface area contributed by atoms with Crippen molar-refractivity contribution in [2.24, 2.45) is 0 Å². The Hall–Kier alpha value is -3.23. The predicted octanol–water partition coefficient (Wildman–Crippen LogP) is 3.48. The number of thiazole rings is 1. The topological polar surface area (TPSA) is 101 Å². The lowest BCUT2D eigenvalue weighted by Crippen LogP contribution is -2.48. The minimum absolute atomic E-state index is 0.118. The number of hydrogen-bond acceptors (Lipinski definition) is 6. The van der Waals surface area contributed by atoms with Gasteiger partial charge in [0.15, 0.2) is 0 Å². The molecule has 0 spiro atoms. The van der Waals surface area contributed by atoms with E-state index < -0.39 is 18.2 Å².